The van der Waals surface area contributed by atoms with Gasteiger partial charge in [-0.15, -0.1) is 16.8 Å². The number of nitrogens with one attached hydrogen (secondary N) is 2. The highest BCUT2D eigenvalue weighted by atomic mass is 32.2. The van der Waals surface area contributed by atoms with E-state index in [2.05, 4.69) is 32.4 Å². The van der Waals surface area contributed by atoms with Crippen molar-refractivity contribution >= 4 is 50.3 Å². The van der Waals surface area contributed by atoms with Crippen LogP contribution in [0.2, 0.25) is 0 Å². The highest BCUT2D eigenvalue weighted by Gasteiger charge is 2.21. The Kier molecular flexibility index (Phi) is 7.33. The van der Waals surface area contributed by atoms with E-state index in [1.54, 1.807) is 23.6 Å². The van der Waals surface area contributed by atoms with Crippen molar-refractivity contribution in [1.82, 2.24) is 25.1 Å². The van der Waals surface area contributed by atoms with Gasteiger partial charge in [0.15, 0.2) is 16.1 Å². The summed E-state index contributed by atoms with van der Waals surface area (Å²) in [5, 5.41) is 15.0. The minimum atomic E-state index is -0.602. The number of anilines is 1. The fraction of sp³-hybridized carbons (Fsp3) is 0.174. The number of para-hydroxylation sites is 1. The Morgan fingerprint density at radius 2 is 1.97 bits per heavy atom. The quantitative estimate of drug-likeness (QED) is 0.263. The molecule has 8 nitrogen and oxygen atoms in total. The van der Waals surface area contributed by atoms with Crippen molar-refractivity contribution in [2.24, 2.45) is 0 Å². The number of allylic oxidation sites excluding steroid dienone is 1. The first-order valence-electron chi connectivity index (χ1n) is 10.3. The molecule has 0 bridgehead atoms. The highest BCUT2D eigenvalue weighted by Crippen LogP contribution is 2.26. The Morgan fingerprint density at radius 1 is 1.21 bits per heavy atom. The lowest BCUT2D eigenvalue weighted by Gasteiger charge is -2.15. The van der Waals surface area contributed by atoms with E-state index >= 15 is 0 Å². The van der Waals surface area contributed by atoms with Crippen LogP contribution in [0.3, 0.4) is 0 Å². The van der Waals surface area contributed by atoms with Gasteiger partial charge in [0.05, 0.1) is 27.6 Å². The van der Waals surface area contributed by atoms with E-state index in [1.807, 2.05) is 24.3 Å². The average Bonchev–Trinajstić information content (AvgIpc) is 3.41. The number of hydrogen-bond donors (Lipinski definition) is 2. The molecule has 2 aromatic heterocycles. The van der Waals surface area contributed by atoms with Gasteiger partial charge in [0.25, 0.3) is 5.91 Å². The molecule has 2 N–H and O–H groups in total. The fourth-order valence-electron chi connectivity index (χ4n) is 3.22. The third kappa shape index (κ3) is 5.32. The standard InChI is InChI=1S/C23H21FN6O2S2/c1-3-12-30-20(14(2)25-21(32)15-8-4-5-9-16(15)24)28-29-23(30)33-13-19(31)27-22-26-17-10-6-7-11-18(17)34-22/h3-11,14H,1,12-13H2,2H3,(H,25,32)(H,26,27,31)/t14-/m1/s1. The summed E-state index contributed by atoms with van der Waals surface area (Å²) in [7, 11) is 0. The molecule has 4 rings (SSSR count). The number of benzene rings is 2. The summed E-state index contributed by atoms with van der Waals surface area (Å²) in [6.45, 7) is 5.87. The molecule has 2 aromatic carbocycles. The Bertz CT molecular complexity index is 1320. The smallest absolute Gasteiger partial charge is 0.254 e. The Hall–Kier alpha value is -3.57. The molecule has 1 atom stereocenters. The zero-order chi connectivity index (χ0) is 24.1. The van der Waals surface area contributed by atoms with Crippen LogP contribution in [0.5, 0.6) is 0 Å². The first kappa shape index (κ1) is 23.6. The molecule has 0 unspecified atom stereocenters. The molecule has 0 aliphatic heterocycles. The van der Waals surface area contributed by atoms with Crippen molar-refractivity contribution in [2.75, 3.05) is 11.1 Å². The largest absolute Gasteiger partial charge is 0.342 e. The first-order valence-corrected chi connectivity index (χ1v) is 12.1. The summed E-state index contributed by atoms with van der Waals surface area (Å²) in [5.41, 5.74) is 0.780. The van der Waals surface area contributed by atoms with E-state index in [0.717, 1.165) is 10.2 Å². The van der Waals surface area contributed by atoms with Crippen LogP contribution in [-0.4, -0.2) is 37.3 Å². The minimum absolute atomic E-state index is 0.0507. The molecule has 34 heavy (non-hydrogen) atoms. The maximum Gasteiger partial charge on any atom is 0.254 e. The first-order chi connectivity index (χ1) is 16.5. The maximum atomic E-state index is 13.9. The number of halogens is 1. The molecule has 0 saturated heterocycles. The molecule has 0 fully saturated rings. The third-order valence-corrected chi connectivity index (χ3v) is 6.70. The number of thiazole rings is 1. The third-order valence-electron chi connectivity index (χ3n) is 4.78. The van der Waals surface area contributed by atoms with E-state index < -0.39 is 17.8 Å². The molecule has 0 aliphatic rings. The molecular formula is C23H21FN6O2S2. The van der Waals surface area contributed by atoms with Gasteiger partial charge >= 0.3 is 0 Å². The normalized spacial score (nSPS) is 11.8. The lowest BCUT2D eigenvalue weighted by atomic mass is 10.2. The summed E-state index contributed by atoms with van der Waals surface area (Å²) >= 11 is 2.62. The van der Waals surface area contributed by atoms with Gasteiger partial charge in [-0.1, -0.05) is 53.4 Å². The van der Waals surface area contributed by atoms with Crippen LogP contribution in [0, 0.1) is 5.82 Å². The molecule has 0 radical (unpaired) electrons. The van der Waals surface area contributed by atoms with Crippen LogP contribution >= 0.6 is 23.1 Å². The van der Waals surface area contributed by atoms with Crippen LogP contribution < -0.4 is 10.6 Å². The molecular weight excluding hydrogens is 475 g/mol. The summed E-state index contributed by atoms with van der Waals surface area (Å²) in [5.74, 6) is -0.808. The van der Waals surface area contributed by atoms with Crippen molar-refractivity contribution in [3.05, 3.63) is 78.4 Å². The predicted molar refractivity (Wildman–Crippen MR) is 131 cm³/mol. The van der Waals surface area contributed by atoms with Gasteiger partial charge in [-0.2, -0.15) is 0 Å². The zero-order valence-corrected chi connectivity index (χ0v) is 19.8. The number of thioether (sulfide) groups is 1. The summed E-state index contributed by atoms with van der Waals surface area (Å²) in [4.78, 5) is 29.4. The van der Waals surface area contributed by atoms with Gasteiger partial charge in [-0.25, -0.2) is 9.37 Å². The molecule has 0 spiro atoms. The molecule has 11 heteroatoms. The molecule has 2 amide bonds. The SMILES string of the molecule is C=CCn1c(SCC(=O)Nc2nc3ccccc3s2)nnc1[C@@H](C)NC(=O)c1ccccc1F. The fourth-order valence-corrected chi connectivity index (χ4v) is 4.86. The summed E-state index contributed by atoms with van der Waals surface area (Å²) in [6, 6.07) is 12.9. The second-order valence-corrected chi connectivity index (χ2v) is 9.21. The summed E-state index contributed by atoms with van der Waals surface area (Å²) < 4.78 is 16.7. The lowest BCUT2D eigenvalue weighted by Crippen LogP contribution is -2.29. The van der Waals surface area contributed by atoms with Crippen LogP contribution in [-0.2, 0) is 11.3 Å². The molecule has 0 aliphatic carbocycles. The highest BCUT2D eigenvalue weighted by molar-refractivity contribution is 7.99. The van der Waals surface area contributed by atoms with Gasteiger partial charge in [0.2, 0.25) is 5.91 Å². The van der Waals surface area contributed by atoms with Gasteiger partial charge in [-0.05, 0) is 31.2 Å². The Morgan fingerprint density at radius 3 is 2.74 bits per heavy atom. The Balaban J connectivity index is 1.41. The lowest BCUT2D eigenvalue weighted by molar-refractivity contribution is -0.113. The van der Waals surface area contributed by atoms with E-state index in [9.17, 15) is 14.0 Å². The molecule has 0 saturated carbocycles. The second-order valence-electron chi connectivity index (χ2n) is 7.24. The van der Waals surface area contributed by atoms with E-state index in [1.165, 1.54) is 41.3 Å². The van der Waals surface area contributed by atoms with Crippen molar-refractivity contribution < 1.29 is 14.0 Å². The number of hydrogen-bond acceptors (Lipinski definition) is 7. The number of aromatic nitrogens is 4. The van der Waals surface area contributed by atoms with Crippen LogP contribution in [0.15, 0.2) is 66.3 Å². The van der Waals surface area contributed by atoms with Gasteiger partial charge in [0.1, 0.15) is 5.82 Å². The molecule has 2 heterocycles. The number of carbonyl (C=O) groups is 2. The monoisotopic (exact) mass is 496 g/mol. The van der Waals surface area contributed by atoms with E-state index in [4.69, 9.17) is 0 Å². The molecule has 4 aromatic rings. The van der Waals surface area contributed by atoms with Crippen LogP contribution in [0.25, 0.3) is 10.2 Å². The topological polar surface area (TPSA) is 102 Å². The maximum absolute atomic E-state index is 13.9. The number of rotatable bonds is 9. The van der Waals surface area contributed by atoms with Crippen molar-refractivity contribution in [3.63, 3.8) is 0 Å². The van der Waals surface area contributed by atoms with Crippen molar-refractivity contribution in [3.8, 4) is 0 Å². The minimum Gasteiger partial charge on any atom is -0.342 e. The van der Waals surface area contributed by atoms with Crippen LogP contribution in [0.1, 0.15) is 29.1 Å². The van der Waals surface area contributed by atoms with Gasteiger partial charge in [0, 0.05) is 6.54 Å². The van der Waals surface area contributed by atoms with Crippen molar-refractivity contribution in [2.45, 2.75) is 24.7 Å². The number of carbonyl (C=O) groups excluding carboxylic acids is 2. The average molecular weight is 497 g/mol. The second kappa shape index (κ2) is 10.6. The number of nitrogens with zero attached hydrogens (tertiary/aromatic N) is 4. The van der Waals surface area contributed by atoms with E-state index in [-0.39, 0.29) is 17.2 Å². The van der Waals surface area contributed by atoms with Crippen molar-refractivity contribution in [1.29, 1.82) is 0 Å². The van der Waals surface area contributed by atoms with Gasteiger partial charge < -0.3 is 15.2 Å². The molecule has 174 valence electrons. The van der Waals surface area contributed by atoms with Crippen LogP contribution in [0.4, 0.5) is 9.52 Å². The predicted octanol–water partition coefficient (Wildman–Crippen LogP) is 4.43. The van der Waals surface area contributed by atoms with Gasteiger partial charge in [-0.3, -0.25) is 9.59 Å². The zero-order valence-electron chi connectivity index (χ0n) is 18.2. The Labute approximate surface area is 203 Å². The number of fused-ring (bicyclic) bond motifs is 1. The summed E-state index contributed by atoms with van der Waals surface area (Å²) in [6.07, 6.45) is 1.67. The number of amides is 2. The van der Waals surface area contributed by atoms with E-state index in [0.29, 0.717) is 22.7 Å².